The standard InChI is InChI=1S/C15H16N2O4/c1-3-15(14(19)20,11-7-5-4-6-8-11)17-13(18)12-10(2)21-9-16-12/h4-9H,3H2,1-2H3,(H,17,18)(H,19,20). The minimum atomic E-state index is -1.50. The van der Waals surface area contributed by atoms with E-state index < -0.39 is 17.4 Å². The lowest BCUT2D eigenvalue weighted by molar-refractivity contribution is -0.145. The second-order valence-electron chi connectivity index (χ2n) is 4.64. The number of hydrogen-bond acceptors (Lipinski definition) is 4. The molecular formula is C15H16N2O4. The number of hydrogen-bond donors (Lipinski definition) is 2. The Balaban J connectivity index is 2.41. The van der Waals surface area contributed by atoms with Crippen molar-refractivity contribution >= 4 is 11.9 Å². The van der Waals surface area contributed by atoms with Gasteiger partial charge in [-0.05, 0) is 18.9 Å². The number of carbonyl (C=O) groups excluding carboxylic acids is 1. The Bertz CT molecular complexity index is 651. The second kappa shape index (κ2) is 5.78. The van der Waals surface area contributed by atoms with Gasteiger partial charge in [-0.15, -0.1) is 0 Å². The van der Waals surface area contributed by atoms with Crippen LogP contribution >= 0.6 is 0 Å². The Morgan fingerprint density at radius 3 is 2.48 bits per heavy atom. The Labute approximate surface area is 121 Å². The maximum Gasteiger partial charge on any atom is 0.334 e. The lowest BCUT2D eigenvalue weighted by atomic mass is 9.87. The first kappa shape index (κ1) is 14.8. The van der Waals surface area contributed by atoms with Crippen molar-refractivity contribution < 1.29 is 19.1 Å². The zero-order valence-electron chi connectivity index (χ0n) is 11.8. The molecule has 0 aliphatic carbocycles. The van der Waals surface area contributed by atoms with Crippen molar-refractivity contribution in [3.05, 3.63) is 53.7 Å². The third kappa shape index (κ3) is 2.65. The summed E-state index contributed by atoms with van der Waals surface area (Å²) in [5, 5.41) is 12.2. The molecule has 1 heterocycles. The minimum absolute atomic E-state index is 0.0880. The number of nitrogens with zero attached hydrogens (tertiary/aromatic N) is 1. The fraction of sp³-hybridized carbons (Fsp3) is 0.267. The van der Waals surface area contributed by atoms with Crippen molar-refractivity contribution in [3.8, 4) is 0 Å². The van der Waals surface area contributed by atoms with Crippen LogP contribution in [-0.4, -0.2) is 22.0 Å². The average molecular weight is 288 g/mol. The molecule has 2 aromatic rings. The van der Waals surface area contributed by atoms with Gasteiger partial charge in [0, 0.05) is 0 Å². The molecular weight excluding hydrogens is 272 g/mol. The molecule has 0 aliphatic heterocycles. The van der Waals surface area contributed by atoms with E-state index in [-0.39, 0.29) is 12.1 Å². The first-order chi connectivity index (χ1) is 10.0. The van der Waals surface area contributed by atoms with Gasteiger partial charge in [0.1, 0.15) is 5.76 Å². The molecule has 2 rings (SSSR count). The largest absolute Gasteiger partial charge is 0.479 e. The van der Waals surface area contributed by atoms with Crippen molar-refractivity contribution in [1.29, 1.82) is 0 Å². The van der Waals surface area contributed by atoms with Crippen molar-refractivity contribution in [3.63, 3.8) is 0 Å². The Morgan fingerprint density at radius 1 is 1.33 bits per heavy atom. The summed E-state index contributed by atoms with van der Waals surface area (Å²) < 4.78 is 4.98. The first-order valence-corrected chi connectivity index (χ1v) is 6.52. The molecule has 0 radical (unpaired) electrons. The minimum Gasteiger partial charge on any atom is -0.479 e. The highest BCUT2D eigenvalue weighted by atomic mass is 16.4. The van der Waals surface area contributed by atoms with E-state index in [0.717, 1.165) is 6.39 Å². The number of oxazole rings is 1. The number of carboxylic acid groups (broad SMARTS) is 1. The van der Waals surface area contributed by atoms with Crippen LogP contribution in [0.15, 0.2) is 41.1 Å². The average Bonchev–Trinajstić information content (AvgIpc) is 2.91. The van der Waals surface area contributed by atoms with Crippen molar-refractivity contribution in [1.82, 2.24) is 10.3 Å². The highest BCUT2D eigenvalue weighted by Gasteiger charge is 2.41. The smallest absolute Gasteiger partial charge is 0.334 e. The summed E-state index contributed by atoms with van der Waals surface area (Å²) >= 11 is 0. The number of benzene rings is 1. The lowest BCUT2D eigenvalue weighted by Crippen LogP contribution is -2.51. The van der Waals surface area contributed by atoms with E-state index in [0.29, 0.717) is 11.3 Å². The van der Waals surface area contributed by atoms with E-state index >= 15 is 0 Å². The van der Waals surface area contributed by atoms with Gasteiger partial charge in [0.25, 0.3) is 5.91 Å². The fourth-order valence-electron chi connectivity index (χ4n) is 2.19. The van der Waals surface area contributed by atoms with Crippen LogP contribution in [0.1, 0.15) is 35.2 Å². The molecule has 21 heavy (non-hydrogen) atoms. The molecule has 0 saturated carbocycles. The van der Waals surface area contributed by atoms with Gasteiger partial charge in [-0.2, -0.15) is 0 Å². The van der Waals surface area contributed by atoms with Crippen LogP contribution in [0, 0.1) is 6.92 Å². The summed E-state index contributed by atoms with van der Waals surface area (Å²) in [6, 6.07) is 8.60. The van der Waals surface area contributed by atoms with Crippen LogP contribution in [0.2, 0.25) is 0 Å². The van der Waals surface area contributed by atoms with Crippen molar-refractivity contribution in [2.24, 2.45) is 0 Å². The summed E-state index contributed by atoms with van der Waals surface area (Å²) in [4.78, 5) is 27.9. The quantitative estimate of drug-likeness (QED) is 0.879. The van der Waals surface area contributed by atoms with Crippen LogP contribution in [0.5, 0.6) is 0 Å². The number of aliphatic carboxylic acids is 1. The Morgan fingerprint density at radius 2 is 2.00 bits per heavy atom. The van der Waals surface area contributed by atoms with Gasteiger partial charge in [0.2, 0.25) is 0 Å². The predicted molar refractivity (Wildman–Crippen MR) is 74.8 cm³/mol. The van der Waals surface area contributed by atoms with E-state index in [1.165, 1.54) is 0 Å². The normalized spacial score (nSPS) is 13.4. The third-order valence-corrected chi connectivity index (χ3v) is 3.45. The van der Waals surface area contributed by atoms with Crippen molar-refractivity contribution in [2.75, 3.05) is 0 Å². The van der Waals surface area contributed by atoms with Crippen LogP contribution < -0.4 is 5.32 Å². The molecule has 6 heteroatoms. The van der Waals surface area contributed by atoms with E-state index in [9.17, 15) is 14.7 Å². The molecule has 0 fully saturated rings. The van der Waals surface area contributed by atoms with Gasteiger partial charge in [-0.3, -0.25) is 4.79 Å². The van der Waals surface area contributed by atoms with Crippen LogP contribution in [0.4, 0.5) is 0 Å². The number of aromatic nitrogens is 1. The molecule has 6 nitrogen and oxygen atoms in total. The zero-order chi connectivity index (χ0) is 15.5. The molecule has 110 valence electrons. The number of carboxylic acids is 1. The molecule has 1 amide bonds. The summed E-state index contributed by atoms with van der Waals surface area (Å²) in [6.45, 7) is 3.30. The topological polar surface area (TPSA) is 92.4 Å². The van der Waals surface area contributed by atoms with Gasteiger partial charge in [0.15, 0.2) is 17.6 Å². The molecule has 2 N–H and O–H groups in total. The van der Waals surface area contributed by atoms with E-state index in [2.05, 4.69) is 10.3 Å². The van der Waals surface area contributed by atoms with Crippen LogP contribution in [0.25, 0.3) is 0 Å². The highest BCUT2D eigenvalue weighted by Crippen LogP contribution is 2.26. The number of amides is 1. The van der Waals surface area contributed by atoms with E-state index in [1.807, 2.05) is 0 Å². The summed E-state index contributed by atoms with van der Waals surface area (Å²) in [7, 11) is 0. The van der Waals surface area contributed by atoms with Gasteiger partial charge in [-0.1, -0.05) is 37.3 Å². The van der Waals surface area contributed by atoms with Gasteiger partial charge in [-0.25, -0.2) is 9.78 Å². The SMILES string of the molecule is CCC(NC(=O)c1ncoc1C)(C(=O)O)c1ccccc1. The Kier molecular flexibility index (Phi) is 4.07. The molecule has 1 aromatic heterocycles. The summed E-state index contributed by atoms with van der Waals surface area (Å²) in [5.41, 5.74) is -0.900. The van der Waals surface area contributed by atoms with Crippen LogP contribution in [0.3, 0.4) is 0 Å². The molecule has 1 atom stereocenters. The highest BCUT2D eigenvalue weighted by molar-refractivity contribution is 5.97. The first-order valence-electron chi connectivity index (χ1n) is 6.52. The maximum absolute atomic E-state index is 12.3. The predicted octanol–water partition coefficient (Wildman–Crippen LogP) is 2.10. The van der Waals surface area contributed by atoms with E-state index in [1.54, 1.807) is 44.2 Å². The second-order valence-corrected chi connectivity index (χ2v) is 4.64. The number of rotatable bonds is 5. The number of nitrogens with one attached hydrogen (secondary N) is 1. The molecule has 0 aliphatic rings. The summed E-state index contributed by atoms with van der Waals surface area (Å²) in [6.07, 6.45) is 1.36. The van der Waals surface area contributed by atoms with Gasteiger partial charge < -0.3 is 14.8 Å². The molecule has 0 spiro atoms. The Hall–Kier alpha value is -2.63. The van der Waals surface area contributed by atoms with Crippen LogP contribution in [-0.2, 0) is 10.3 Å². The van der Waals surface area contributed by atoms with Gasteiger partial charge in [0.05, 0.1) is 0 Å². The van der Waals surface area contributed by atoms with Gasteiger partial charge >= 0.3 is 5.97 Å². The fourth-order valence-corrected chi connectivity index (χ4v) is 2.19. The van der Waals surface area contributed by atoms with Crippen molar-refractivity contribution in [2.45, 2.75) is 25.8 Å². The lowest BCUT2D eigenvalue weighted by Gasteiger charge is -2.29. The molecule has 1 aromatic carbocycles. The third-order valence-electron chi connectivity index (χ3n) is 3.45. The monoisotopic (exact) mass is 288 g/mol. The zero-order valence-corrected chi connectivity index (χ0v) is 11.8. The van der Waals surface area contributed by atoms with E-state index in [4.69, 9.17) is 4.42 Å². The molecule has 1 unspecified atom stereocenters. The summed E-state index contributed by atoms with van der Waals surface area (Å²) in [5.74, 6) is -1.35. The molecule has 0 saturated heterocycles. The molecule has 0 bridgehead atoms. The maximum atomic E-state index is 12.3. The number of aryl methyl sites for hydroxylation is 1. The number of carbonyl (C=O) groups is 2.